The van der Waals surface area contributed by atoms with Crippen molar-refractivity contribution in [2.24, 2.45) is 0 Å². The van der Waals surface area contributed by atoms with Crippen LogP contribution in [0.5, 0.6) is 0 Å². The third-order valence-electron chi connectivity index (χ3n) is 4.77. The predicted octanol–water partition coefficient (Wildman–Crippen LogP) is 7.30. The second-order valence-electron chi connectivity index (χ2n) is 6.90. The zero-order valence-corrected chi connectivity index (χ0v) is 15.2. The van der Waals surface area contributed by atoms with Crippen LogP contribution in [0.25, 0.3) is 33.4 Å². The fourth-order valence-corrected chi connectivity index (χ4v) is 3.48. The van der Waals surface area contributed by atoms with Gasteiger partial charge < -0.3 is 0 Å². The minimum absolute atomic E-state index is 1.25. The summed E-state index contributed by atoms with van der Waals surface area (Å²) in [5, 5.41) is 0. The molecule has 26 heavy (non-hydrogen) atoms. The van der Waals surface area contributed by atoms with E-state index >= 15 is 0 Å². The molecule has 0 heterocycles. The molecule has 4 rings (SSSR count). The average Bonchev–Trinajstić information content (AvgIpc) is 2.68. The molecule has 126 valence electrons. The summed E-state index contributed by atoms with van der Waals surface area (Å²) in [7, 11) is 0. The third kappa shape index (κ3) is 3.45. The van der Waals surface area contributed by atoms with Crippen molar-refractivity contribution in [3.63, 3.8) is 0 Å². The molecule has 0 atom stereocenters. The molecule has 0 fully saturated rings. The highest BCUT2D eigenvalue weighted by molar-refractivity contribution is 5.73. The van der Waals surface area contributed by atoms with Gasteiger partial charge in [-0.25, -0.2) is 0 Å². The van der Waals surface area contributed by atoms with Gasteiger partial charge in [0.25, 0.3) is 0 Å². The first-order valence-electron chi connectivity index (χ1n) is 9.04. The van der Waals surface area contributed by atoms with Crippen molar-refractivity contribution in [3.05, 3.63) is 108 Å². The molecule has 0 heteroatoms. The van der Waals surface area contributed by atoms with E-state index in [2.05, 4.69) is 111 Å². The second kappa shape index (κ2) is 7.01. The molecule has 0 spiro atoms. The van der Waals surface area contributed by atoms with Gasteiger partial charge in [0.15, 0.2) is 0 Å². The molecule has 0 saturated heterocycles. The largest absolute Gasteiger partial charge is 0.0622 e. The Kier molecular flexibility index (Phi) is 4.41. The molecule has 0 nitrogen and oxygen atoms in total. The Bertz CT molecular complexity index is 988. The molecule has 0 aromatic heterocycles. The first-order valence-corrected chi connectivity index (χ1v) is 9.04. The average molecular weight is 334 g/mol. The molecule has 0 bridgehead atoms. The maximum absolute atomic E-state index is 2.25. The lowest BCUT2D eigenvalue weighted by atomic mass is 9.97. The molecule has 0 saturated carbocycles. The second-order valence-corrected chi connectivity index (χ2v) is 6.90. The van der Waals surface area contributed by atoms with E-state index in [1.165, 1.54) is 44.5 Å². The van der Waals surface area contributed by atoms with Crippen molar-refractivity contribution < 1.29 is 0 Å². The van der Waals surface area contributed by atoms with Crippen molar-refractivity contribution in [1.29, 1.82) is 0 Å². The highest BCUT2D eigenvalue weighted by Crippen LogP contribution is 2.28. The van der Waals surface area contributed by atoms with Crippen LogP contribution in [0.1, 0.15) is 11.1 Å². The lowest BCUT2D eigenvalue weighted by Crippen LogP contribution is -1.84. The standard InChI is InChI=1S/C26H22/c1-19-16-20(2)18-26(17-19)25-14-12-24(13-15-25)23-10-8-22(9-11-23)21-6-4-3-5-7-21/h3-18H,1-2H3. The fourth-order valence-electron chi connectivity index (χ4n) is 3.48. The first-order chi connectivity index (χ1) is 12.7. The van der Waals surface area contributed by atoms with E-state index in [0.717, 1.165) is 0 Å². The Labute approximate surface area is 155 Å². The number of hydrogen-bond donors (Lipinski definition) is 0. The molecule has 0 aliphatic heterocycles. The van der Waals surface area contributed by atoms with E-state index in [-0.39, 0.29) is 0 Å². The Morgan fingerprint density at radius 1 is 0.346 bits per heavy atom. The van der Waals surface area contributed by atoms with Crippen LogP contribution < -0.4 is 0 Å². The van der Waals surface area contributed by atoms with Crippen LogP contribution in [-0.4, -0.2) is 0 Å². The summed E-state index contributed by atoms with van der Waals surface area (Å²) in [5.41, 5.74) is 10.2. The molecule has 0 radical (unpaired) electrons. The van der Waals surface area contributed by atoms with Gasteiger partial charge in [0, 0.05) is 0 Å². The van der Waals surface area contributed by atoms with Crippen LogP contribution in [0, 0.1) is 13.8 Å². The summed E-state index contributed by atoms with van der Waals surface area (Å²) in [4.78, 5) is 0. The van der Waals surface area contributed by atoms with E-state index in [9.17, 15) is 0 Å². The summed E-state index contributed by atoms with van der Waals surface area (Å²) in [6.07, 6.45) is 0. The maximum atomic E-state index is 2.25. The topological polar surface area (TPSA) is 0 Å². The molecule has 0 unspecified atom stereocenters. The number of rotatable bonds is 3. The molecular formula is C26H22. The Balaban J connectivity index is 1.61. The number of benzene rings is 4. The van der Waals surface area contributed by atoms with Crippen LogP contribution in [0.4, 0.5) is 0 Å². The normalized spacial score (nSPS) is 10.7. The van der Waals surface area contributed by atoms with Gasteiger partial charge in [0.05, 0.1) is 0 Å². The smallest absolute Gasteiger partial charge is 0.0179 e. The molecule has 0 N–H and O–H groups in total. The summed E-state index contributed by atoms with van der Waals surface area (Å²) < 4.78 is 0. The third-order valence-corrected chi connectivity index (χ3v) is 4.77. The van der Waals surface area contributed by atoms with Crippen LogP contribution in [-0.2, 0) is 0 Å². The van der Waals surface area contributed by atoms with Gasteiger partial charge in [-0.15, -0.1) is 0 Å². The van der Waals surface area contributed by atoms with Gasteiger partial charge in [-0.1, -0.05) is 108 Å². The first kappa shape index (κ1) is 16.4. The van der Waals surface area contributed by atoms with Crippen molar-refractivity contribution in [2.45, 2.75) is 13.8 Å². The lowest BCUT2D eigenvalue weighted by molar-refractivity contribution is 1.38. The molecule has 0 amide bonds. The summed E-state index contributed by atoms with van der Waals surface area (Å²) >= 11 is 0. The molecule has 0 aliphatic rings. The summed E-state index contributed by atoms with van der Waals surface area (Å²) in [5.74, 6) is 0. The van der Waals surface area contributed by atoms with Crippen molar-refractivity contribution in [3.8, 4) is 33.4 Å². The SMILES string of the molecule is Cc1cc(C)cc(-c2ccc(-c3ccc(-c4ccccc4)cc3)cc2)c1. The van der Waals surface area contributed by atoms with E-state index in [1.54, 1.807) is 0 Å². The van der Waals surface area contributed by atoms with Gasteiger partial charge in [0.1, 0.15) is 0 Å². The van der Waals surface area contributed by atoms with E-state index in [1.807, 2.05) is 0 Å². The monoisotopic (exact) mass is 334 g/mol. The quantitative estimate of drug-likeness (QED) is 0.368. The Morgan fingerprint density at radius 3 is 1.12 bits per heavy atom. The minimum Gasteiger partial charge on any atom is -0.0622 e. The fraction of sp³-hybridized carbons (Fsp3) is 0.0769. The zero-order chi connectivity index (χ0) is 17.9. The molecular weight excluding hydrogens is 312 g/mol. The van der Waals surface area contributed by atoms with Crippen molar-refractivity contribution in [1.82, 2.24) is 0 Å². The van der Waals surface area contributed by atoms with Crippen molar-refractivity contribution >= 4 is 0 Å². The Morgan fingerprint density at radius 2 is 0.692 bits per heavy atom. The molecule has 4 aromatic carbocycles. The van der Waals surface area contributed by atoms with Crippen LogP contribution >= 0.6 is 0 Å². The molecule has 0 aliphatic carbocycles. The van der Waals surface area contributed by atoms with Crippen molar-refractivity contribution in [2.75, 3.05) is 0 Å². The van der Waals surface area contributed by atoms with E-state index < -0.39 is 0 Å². The van der Waals surface area contributed by atoms with Crippen LogP contribution in [0.15, 0.2) is 97.1 Å². The van der Waals surface area contributed by atoms with Gasteiger partial charge >= 0.3 is 0 Å². The number of aryl methyl sites for hydroxylation is 2. The van der Waals surface area contributed by atoms with Gasteiger partial charge in [-0.3, -0.25) is 0 Å². The highest BCUT2D eigenvalue weighted by Gasteiger charge is 2.03. The lowest BCUT2D eigenvalue weighted by Gasteiger charge is -2.08. The van der Waals surface area contributed by atoms with E-state index in [4.69, 9.17) is 0 Å². The van der Waals surface area contributed by atoms with Gasteiger partial charge in [-0.2, -0.15) is 0 Å². The summed E-state index contributed by atoms with van der Waals surface area (Å²) in [6.45, 7) is 4.30. The van der Waals surface area contributed by atoms with E-state index in [0.29, 0.717) is 0 Å². The van der Waals surface area contributed by atoms with Gasteiger partial charge in [-0.05, 0) is 47.2 Å². The predicted molar refractivity (Wildman–Crippen MR) is 112 cm³/mol. The highest BCUT2D eigenvalue weighted by atomic mass is 14.1. The number of hydrogen-bond acceptors (Lipinski definition) is 0. The van der Waals surface area contributed by atoms with Crippen LogP contribution in [0.3, 0.4) is 0 Å². The van der Waals surface area contributed by atoms with Gasteiger partial charge in [0.2, 0.25) is 0 Å². The molecule has 4 aromatic rings. The maximum Gasteiger partial charge on any atom is -0.0179 e. The summed E-state index contributed by atoms with van der Waals surface area (Å²) in [6, 6.07) is 34.9. The zero-order valence-electron chi connectivity index (χ0n) is 15.2. The Hall–Kier alpha value is -3.12. The minimum atomic E-state index is 1.25. The van der Waals surface area contributed by atoms with Crippen LogP contribution in [0.2, 0.25) is 0 Å².